The fourth-order valence-corrected chi connectivity index (χ4v) is 2.94. The first-order chi connectivity index (χ1) is 11.6. The normalized spacial score (nSPS) is 13.2. The van der Waals surface area contributed by atoms with Crippen LogP contribution in [0.25, 0.3) is 0 Å². The molecular weight excluding hydrogens is 304 g/mol. The Bertz CT molecular complexity index is 653. The molecule has 2 heterocycles. The molecule has 1 aromatic heterocycles. The van der Waals surface area contributed by atoms with Gasteiger partial charge in [0.15, 0.2) is 11.5 Å². The van der Waals surface area contributed by atoms with Crippen LogP contribution < -0.4 is 9.47 Å². The van der Waals surface area contributed by atoms with Gasteiger partial charge < -0.3 is 18.8 Å². The Morgan fingerprint density at radius 3 is 2.54 bits per heavy atom. The van der Waals surface area contributed by atoms with Gasteiger partial charge in [-0.05, 0) is 69.4 Å². The van der Waals surface area contributed by atoms with Crippen molar-refractivity contribution in [3.05, 3.63) is 47.4 Å². The molecule has 0 unspecified atom stereocenters. The van der Waals surface area contributed by atoms with Gasteiger partial charge in [0.2, 0.25) is 6.79 Å². The number of aryl methyl sites for hydroxylation is 1. The number of benzene rings is 1. The van der Waals surface area contributed by atoms with E-state index in [1.54, 1.807) is 6.26 Å². The molecule has 3 rings (SSSR count). The van der Waals surface area contributed by atoms with Crippen molar-refractivity contribution in [1.29, 1.82) is 0 Å². The monoisotopic (exact) mass is 330 g/mol. The van der Waals surface area contributed by atoms with Crippen molar-refractivity contribution in [1.82, 2.24) is 9.80 Å². The van der Waals surface area contributed by atoms with Crippen LogP contribution in [0.1, 0.15) is 23.3 Å². The fourth-order valence-electron chi connectivity index (χ4n) is 2.94. The van der Waals surface area contributed by atoms with E-state index in [0.717, 1.165) is 49.9 Å². The van der Waals surface area contributed by atoms with Crippen LogP contribution in [-0.4, -0.2) is 43.8 Å². The van der Waals surface area contributed by atoms with E-state index in [4.69, 9.17) is 13.9 Å². The summed E-state index contributed by atoms with van der Waals surface area (Å²) in [5.41, 5.74) is 2.51. The van der Waals surface area contributed by atoms with Gasteiger partial charge in [0.05, 0.1) is 12.8 Å². The Morgan fingerprint density at radius 2 is 1.83 bits per heavy atom. The highest BCUT2D eigenvalue weighted by Crippen LogP contribution is 2.35. The number of rotatable bonds is 8. The zero-order valence-electron chi connectivity index (χ0n) is 14.7. The van der Waals surface area contributed by atoms with Gasteiger partial charge in [-0.1, -0.05) is 0 Å². The minimum absolute atomic E-state index is 0.317. The Kier molecular flexibility index (Phi) is 5.43. The Balaban J connectivity index is 1.70. The first-order valence-corrected chi connectivity index (χ1v) is 8.40. The molecular formula is C19H26N2O3. The molecule has 2 aromatic rings. The van der Waals surface area contributed by atoms with Crippen molar-refractivity contribution < 1.29 is 13.9 Å². The van der Waals surface area contributed by atoms with Gasteiger partial charge in [0, 0.05) is 13.1 Å². The van der Waals surface area contributed by atoms with Crippen molar-refractivity contribution in [2.75, 3.05) is 34.0 Å². The first-order valence-electron chi connectivity index (χ1n) is 8.40. The summed E-state index contributed by atoms with van der Waals surface area (Å²) in [6.45, 7) is 6.23. The van der Waals surface area contributed by atoms with Gasteiger partial charge in [-0.3, -0.25) is 4.90 Å². The standard InChI is InChI=1S/C19H26N2O3/c1-15-10-18-19(24-14-23-18)11-16(15)12-21(8-5-7-20(2)3)13-17-6-4-9-22-17/h4,6,9-11H,5,7-8,12-14H2,1-3H3. The molecule has 1 aliphatic rings. The lowest BCUT2D eigenvalue weighted by Gasteiger charge is -2.23. The molecule has 0 atom stereocenters. The summed E-state index contributed by atoms with van der Waals surface area (Å²) in [5.74, 6) is 2.70. The predicted octanol–water partition coefficient (Wildman–Crippen LogP) is 3.27. The largest absolute Gasteiger partial charge is 0.468 e. The van der Waals surface area contributed by atoms with Crippen LogP contribution >= 0.6 is 0 Å². The lowest BCUT2D eigenvalue weighted by Crippen LogP contribution is -2.27. The summed E-state index contributed by atoms with van der Waals surface area (Å²) in [7, 11) is 4.22. The van der Waals surface area contributed by atoms with Crippen molar-refractivity contribution >= 4 is 0 Å². The number of hydrogen-bond donors (Lipinski definition) is 0. The molecule has 0 saturated heterocycles. The van der Waals surface area contributed by atoms with Crippen LogP contribution in [0.3, 0.4) is 0 Å². The molecule has 0 aliphatic carbocycles. The third kappa shape index (κ3) is 4.30. The summed E-state index contributed by atoms with van der Waals surface area (Å²) < 4.78 is 16.5. The Labute approximate surface area is 143 Å². The maximum absolute atomic E-state index is 5.54. The van der Waals surface area contributed by atoms with Crippen LogP contribution in [0.15, 0.2) is 34.9 Å². The van der Waals surface area contributed by atoms with Gasteiger partial charge >= 0.3 is 0 Å². The molecule has 24 heavy (non-hydrogen) atoms. The molecule has 0 radical (unpaired) electrons. The minimum Gasteiger partial charge on any atom is -0.468 e. The van der Waals surface area contributed by atoms with Gasteiger partial charge in [-0.25, -0.2) is 0 Å². The average Bonchev–Trinajstić information content (AvgIpc) is 3.18. The minimum atomic E-state index is 0.317. The lowest BCUT2D eigenvalue weighted by molar-refractivity contribution is 0.174. The van der Waals surface area contributed by atoms with Crippen LogP contribution in [0.4, 0.5) is 0 Å². The van der Waals surface area contributed by atoms with E-state index >= 15 is 0 Å². The number of ether oxygens (including phenoxy) is 2. The summed E-state index contributed by atoms with van der Waals surface area (Å²) in [5, 5.41) is 0. The summed E-state index contributed by atoms with van der Waals surface area (Å²) >= 11 is 0. The Morgan fingerprint density at radius 1 is 1.04 bits per heavy atom. The second-order valence-electron chi connectivity index (χ2n) is 6.58. The number of nitrogens with zero attached hydrogens (tertiary/aromatic N) is 2. The molecule has 1 aliphatic heterocycles. The molecule has 0 bridgehead atoms. The van der Waals surface area contributed by atoms with E-state index < -0.39 is 0 Å². The molecule has 0 amide bonds. The zero-order chi connectivity index (χ0) is 16.9. The van der Waals surface area contributed by atoms with Gasteiger partial charge in [-0.15, -0.1) is 0 Å². The summed E-state index contributed by atoms with van der Waals surface area (Å²) in [6.07, 6.45) is 2.86. The highest BCUT2D eigenvalue weighted by Gasteiger charge is 2.17. The number of fused-ring (bicyclic) bond motifs is 1. The maximum Gasteiger partial charge on any atom is 0.231 e. The van der Waals surface area contributed by atoms with Crippen LogP contribution in [0.5, 0.6) is 11.5 Å². The van der Waals surface area contributed by atoms with E-state index in [1.807, 2.05) is 12.1 Å². The molecule has 0 saturated carbocycles. The highest BCUT2D eigenvalue weighted by molar-refractivity contribution is 5.48. The molecule has 130 valence electrons. The van der Waals surface area contributed by atoms with E-state index in [9.17, 15) is 0 Å². The second-order valence-corrected chi connectivity index (χ2v) is 6.58. The van der Waals surface area contributed by atoms with Gasteiger partial charge in [0.1, 0.15) is 5.76 Å². The van der Waals surface area contributed by atoms with Gasteiger partial charge in [-0.2, -0.15) is 0 Å². The van der Waals surface area contributed by atoms with Crippen molar-refractivity contribution in [3.63, 3.8) is 0 Å². The molecule has 0 spiro atoms. The Hall–Kier alpha value is -1.98. The lowest BCUT2D eigenvalue weighted by atomic mass is 10.1. The quantitative estimate of drug-likeness (QED) is 0.743. The average molecular weight is 330 g/mol. The SMILES string of the molecule is Cc1cc2c(cc1CN(CCCN(C)C)Cc1ccco1)OCO2. The summed E-state index contributed by atoms with van der Waals surface area (Å²) in [4.78, 5) is 4.64. The summed E-state index contributed by atoms with van der Waals surface area (Å²) in [6, 6.07) is 8.16. The molecule has 1 aromatic carbocycles. The maximum atomic E-state index is 5.54. The molecule has 0 N–H and O–H groups in total. The van der Waals surface area contributed by atoms with E-state index in [2.05, 4.69) is 43.0 Å². The molecule has 0 fully saturated rings. The van der Waals surface area contributed by atoms with E-state index in [0.29, 0.717) is 6.79 Å². The highest BCUT2D eigenvalue weighted by atomic mass is 16.7. The van der Waals surface area contributed by atoms with Gasteiger partial charge in [0.25, 0.3) is 0 Å². The van der Waals surface area contributed by atoms with Crippen LogP contribution in [0, 0.1) is 6.92 Å². The third-order valence-electron chi connectivity index (χ3n) is 4.26. The van der Waals surface area contributed by atoms with Crippen LogP contribution in [-0.2, 0) is 13.1 Å². The number of furan rings is 1. The molecule has 5 nitrogen and oxygen atoms in total. The third-order valence-corrected chi connectivity index (χ3v) is 4.26. The first kappa shape index (κ1) is 16.9. The van der Waals surface area contributed by atoms with E-state index in [1.165, 1.54) is 11.1 Å². The van der Waals surface area contributed by atoms with Crippen molar-refractivity contribution in [2.45, 2.75) is 26.4 Å². The topological polar surface area (TPSA) is 38.1 Å². The molecule has 5 heteroatoms. The van der Waals surface area contributed by atoms with Crippen molar-refractivity contribution in [2.24, 2.45) is 0 Å². The zero-order valence-corrected chi connectivity index (χ0v) is 14.7. The predicted molar refractivity (Wildman–Crippen MR) is 93.3 cm³/mol. The smallest absolute Gasteiger partial charge is 0.231 e. The fraction of sp³-hybridized carbons (Fsp3) is 0.474. The van der Waals surface area contributed by atoms with E-state index in [-0.39, 0.29) is 0 Å². The van der Waals surface area contributed by atoms with Crippen LogP contribution in [0.2, 0.25) is 0 Å². The second kappa shape index (κ2) is 7.73. The number of hydrogen-bond acceptors (Lipinski definition) is 5. The van der Waals surface area contributed by atoms with Crippen molar-refractivity contribution in [3.8, 4) is 11.5 Å².